The van der Waals surface area contributed by atoms with Gasteiger partial charge in [0.1, 0.15) is 4.90 Å². The molecule has 1 aliphatic rings. The summed E-state index contributed by atoms with van der Waals surface area (Å²) < 4.78 is 30.9. The van der Waals surface area contributed by atoms with Gasteiger partial charge in [-0.05, 0) is 12.8 Å². The Bertz CT molecular complexity index is 560. The van der Waals surface area contributed by atoms with Crippen molar-refractivity contribution in [3.63, 3.8) is 0 Å². The van der Waals surface area contributed by atoms with Crippen LogP contribution < -0.4 is 5.43 Å². The second-order valence-electron chi connectivity index (χ2n) is 4.29. The van der Waals surface area contributed by atoms with Crippen LogP contribution in [0, 0.1) is 0 Å². The number of pyridine rings is 1. The van der Waals surface area contributed by atoms with E-state index in [1.165, 1.54) is 29.8 Å². The number of nitrogens with one attached hydrogen (secondary N) is 1. The van der Waals surface area contributed by atoms with E-state index in [1.54, 1.807) is 0 Å². The molecule has 0 aliphatic carbocycles. The van der Waals surface area contributed by atoms with Gasteiger partial charge in [0, 0.05) is 38.7 Å². The molecule has 2 heterocycles. The van der Waals surface area contributed by atoms with E-state index >= 15 is 0 Å². The lowest BCUT2D eigenvalue weighted by atomic mass is 10.2. The lowest BCUT2D eigenvalue weighted by Crippen LogP contribution is -2.36. The average Bonchev–Trinajstić information content (AvgIpc) is 2.82. The van der Waals surface area contributed by atoms with E-state index in [0.29, 0.717) is 6.61 Å². The first kappa shape index (κ1) is 13.3. The Morgan fingerprint density at radius 2 is 2.33 bits per heavy atom. The molecule has 1 aromatic rings. The highest BCUT2D eigenvalue weighted by molar-refractivity contribution is 7.89. The van der Waals surface area contributed by atoms with Gasteiger partial charge in [0.15, 0.2) is 0 Å². The summed E-state index contributed by atoms with van der Waals surface area (Å²) in [6, 6.07) is 1.20. The minimum Gasteiger partial charge on any atom is -0.377 e. The molecule has 1 N–H and O–H groups in total. The zero-order chi connectivity index (χ0) is 13.2. The third-order valence-corrected chi connectivity index (χ3v) is 4.81. The molecule has 0 saturated carbocycles. The van der Waals surface area contributed by atoms with E-state index < -0.39 is 15.5 Å². The summed E-state index contributed by atoms with van der Waals surface area (Å²) in [5, 5.41) is 0. The summed E-state index contributed by atoms with van der Waals surface area (Å²) in [7, 11) is -2.29. The summed E-state index contributed by atoms with van der Waals surface area (Å²) in [5.74, 6) is 0. The van der Waals surface area contributed by atoms with Crippen molar-refractivity contribution in [2.75, 3.05) is 20.2 Å². The smallest absolute Gasteiger partial charge is 0.248 e. The standard InChI is InChI=1S/C11H16N2O4S/c1-13(8-9-3-2-6-17-9)18(15,16)11-7-12-5-4-10(11)14/h4-5,7,9H,2-3,6,8H2,1H3,(H,12,14). The van der Waals surface area contributed by atoms with Gasteiger partial charge >= 0.3 is 0 Å². The van der Waals surface area contributed by atoms with Crippen LogP contribution in [0.2, 0.25) is 0 Å². The van der Waals surface area contributed by atoms with Gasteiger partial charge in [-0.25, -0.2) is 8.42 Å². The van der Waals surface area contributed by atoms with E-state index in [2.05, 4.69) is 4.98 Å². The van der Waals surface area contributed by atoms with Crippen LogP contribution in [0.4, 0.5) is 0 Å². The van der Waals surface area contributed by atoms with Crippen LogP contribution in [0.5, 0.6) is 0 Å². The zero-order valence-corrected chi connectivity index (χ0v) is 10.9. The maximum Gasteiger partial charge on any atom is 0.248 e. The summed E-state index contributed by atoms with van der Waals surface area (Å²) in [6.07, 6.45) is 4.34. The molecule has 1 saturated heterocycles. The van der Waals surface area contributed by atoms with Gasteiger partial charge in [-0.2, -0.15) is 4.31 Å². The fourth-order valence-corrected chi connectivity index (χ4v) is 3.18. The quantitative estimate of drug-likeness (QED) is 0.847. The summed E-state index contributed by atoms with van der Waals surface area (Å²) in [6.45, 7) is 0.946. The minimum atomic E-state index is -3.75. The van der Waals surface area contributed by atoms with E-state index in [0.717, 1.165) is 12.8 Å². The van der Waals surface area contributed by atoms with Crippen molar-refractivity contribution < 1.29 is 13.2 Å². The second kappa shape index (κ2) is 5.21. The second-order valence-corrected chi connectivity index (χ2v) is 6.31. The van der Waals surface area contributed by atoms with Crippen molar-refractivity contribution in [3.05, 3.63) is 28.7 Å². The molecule has 0 aromatic carbocycles. The molecular formula is C11H16N2O4S. The molecule has 6 nitrogen and oxygen atoms in total. The lowest BCUT2D eigenvalue weighted by Gasteiger charge is -2.19. The summed E-state index contributed by atoms with van der Waals surface area (Å²) >= 11 is 0. The van der Waals surface area contributed by atoms with E-state index in [1.807, 2.05) is 0 Å². The maximum absolute atomic E-state index is 12.2. The molecule has 2 rings (SSSR count). The Morgan fingerprint density at radius 3 is 2.94 bits per heavy atom. The van der Waals surface area contributed by atoms with Crippen molar-refractivity contribution in [2.45, 2.75) is 23.8 Å². The molecule has 0 amide bonds. The maximum atomic E-state index is 12.2. The SMILES string of the molecule is CN(CC1CCCO1)S(=O)(=O)c1c[nH]ccc1=O. The first-order valence-electron chi connectivity index (χ1n) is 5.77. The Balaban J connectivity index is 2.20. The third-order valence-electron chi connectivity index (χ3n) is 2.96. The van der Waals surface area contributed by atoms with Crippen molar-refractivity contribution in [1.82, 2.24) is 9.29 Å². The van der Waals surface area contributed by atoms with Gasteiger partial charge in [-0.1, -0.05) is 0 Å². The molecule has 0 bridgehead atoms. The Kier molecular flexibility index (Phi) is 3.84. The molecule has 1 atom stereocenters. The van der Waals surface area contributed by atoms with Gasteiger partial charge in [0.05, 0.1) is 6.10 Å². The molecule has 0 spiro atoms. The fourth-order valence-electron chi connectivity index (χ4n) is 1.94. The number of hydrogen-bond donors (Lipinski definition) is 1. The van der Waals surface area contributed by atoms with E-state index in [-0.39, 0.29) is 17.5 Å². The number of aromatic amines is 1. The van der Waals surface area contributed by atoms with Gasteiger partial charge < -0.3 is 9.72 Å². The van der Waals surface area contributed by atoms with Gasteiger partial charge in [0.25, 0.3) is 0 Å². The third kappa shape index (κ3) is 2.63. The molecule has 1 aliphatic heterocycles. The fraction of sp³-hybridized carbons (Fsp3) is 0.545. The monoisotopic (exact) mass is 272 g/mol. The van der Waals surface area contributed by atoms with Crippen molar-refractivity contribution in [3.8, 4) is 0 Å². The summed E-state index contributed by atoms with van der Waals surface area (Å²) in [5.41, 5.74) is -0.507. The zero-order valence-electron chi connectivity index (χ0n) is 10.1. The van der Waals surface area contributed by atoms with Crippen LogP contribution in [-0.4, -0.2) is 44.0 Å². The van der Waals surface area contributed by atoms with Crippen LogP contribution in [0.25, 0.3) is 0 Å². The first-order valence-corrected chi connectivity index (χ1v) is 7.21. The number of H-pyrrole nitrogens is 1. The predicted octanol–water partition coefficient (Wildman–Crippen LogP) is 0.174. The highest BCUT2D eigenvalue weighted by Gasteiger charge is 2.27. The molecule has 1 fully saturated rings. The molecule has 0 radical (unpaired) electrons. The van der Waals surface area contributed by atoms with Crippen LogP contribution in [0.1, 0.15) is 12.8 Å². The van der Waals surface area contributed by atoms with Crippen LogP contribution in [-0.2, 0) is 14.8 Å². The number of sulfonamides is 1. The topological polar surface area (TPSA) is 79.5 Å². The van der Waals surface area contributed by atoms with E-state index in [4.69, 9.17) is 4.74 Å². The normalized spacial score (nSPS) is 20.4. The molecule has 7 heteroatoms. The van der Waals surface area contributed by atoms with Crippen molar-refractivity contribution >= 4 is 10.0 Å². The Hall–Kier alpha value is -1.18. The lowest BCUT2D eigenvalue weighted by molar-refractivity contribution is 0.0979. The average molecular weight is 272 g/mol. The number of nitrogens with zero attached hydrogens (tertiary/aromatic N) is 1. The summed E-state index contributed by atoms with van der Waals surface area (Å²) in [4.78, 5) is 13.9. The van der Waals surface area contributed by atoms with Gasteiger partial charge in [-0.15, -0.1) is 0 Å². The molecule has 18 heavy (non-hydrogen) atoms. The van der Waals surface area contributed by atoms with Crippen molar-refractivity contribution in [1.29, 1.82) is 0 Å². The molecule has 1 aromatic heterocycles. The first-order chi connectivity index (χ1) is 8.51. The molecular weight excluding hydrogens is 256 g/mol. The largest absolute Gasteiger partial charge is 0.377 e. The van der Waals surface area contributed by atoms with Gasteiger partial charge in [0.2, 0.25) is 15.5 Å². The van der Waals surface area contributed by atoms with E-state index in [9.17, 15) is 13.2 Å². The highest BCUT2D eigenvalue weighted by Crippen LogP contribution is 2.16. The van der Waals surface area contributed by atoms with Crippen LogP contribution >= 0.6 is 0 Å². The predicted molar refractivity (Wildman–Crippen MR) is 65.9 cm³/mol. The van der Waals surface area contributed by atoms with Crippen LogP contribution in [0.15, 0.2) is 28.2 Å². The number of rotatable bonds is 4. The Labute approximate surface area is 106 Å². The Morgan fingerprint density at radius 1 is 1.56 bits per heavy atom. The van der Waals surface area contributed by atoms with Crippen molar-refractivity contribution in [2.24, 2.45) is 0 Å². The number of aromatic nitrogens is 1. The highest BCUT2D eigenvalue weighted by atomic mass is 32.2. The van der Waals surface area contributed by atoms with Gasteiger partial charge in [-0.3, -0.25) is 4.79 Å². The molecule has 100 valence electrons. The van der Waals surface area contributed by atoms with Crippen LogP contribution in [0.3, 0.4) is 0 Å². The number of likely N-dealkylation sites (N-methyl/N-ethyl adjacent to an activating group) is 1. The number of hydrogen-bond acceptors (Lipinski definition) is 4. The molecule has 1 unspecified atom stereocenters. The number of ether oxygens (including phenoxy) is 1. The minimum absolute atomic E-state index is 0.0763.